The van der Waals surface area contributed by atoms with Crippen molar-refractivity contribution < 1.29 is 0 Å². The van der Waals surface area contributed by atoms with E-state index in [2.05, 4.69) is 10.3 Å². The highest BCUT2D eigenvalue weighted by Gasteiger charge is 1.87. The number of nitriles is 1. The average Bonchev–Trinajstić information content (AvgIpc) is 2.03. The molecule has 0 atom stereocenters. The fourth-order valence-corrected chi connectivity index (χ4v) is 0.633. The summed E-state index contributed by atoms with van der Waals surface area (Å²) in [7, 11) is 0. The number of pyridine rings is 1. The van der Waals surface area contributed by atoms with Crippen molar-refractivity contribution in [2.45, 2.75) is 6.54 Å². The Kier molecular flexibility index (Phi) is 2.27. The van der Waals surface area contributed by atoms with Crippen LogP contribution in [0.25, 0.3) is 0 Å². The lowest BCUT2D eigenvalue weighted by Gasteiger charge is -1.94. The smallest absolute Gasteiger partial charge is 0.176 e. The van der Waals surface area contributed by atoms with E-state index in [0.717, 1.165) is 5.69 Å². The maximum atomic E-state index is 8.14. The Labute approximate surface area is 59.3 Å². The van der Waals surface area contributed by atoms with E-state index in [1.165, 1.54) is 0 Å². The fourth-order valence-electron chi connectivity index (χ4n) is 0.633. The predicted molar refractivity (Wildman–Crippen MR) is 36.7 cm³/mol. The molecule has 1 N–H and O–H groups in total. The van der Waals surface area contributed by atoms with Crippen molar-refractivity contribution in [2.75, 3.05) is 0 Å². The van der Waals surface area contributed by atoms with Gasteiger partial charge in [0.1, 0.15) is 0 Å². The van der Waals surface area contributed by atoms with Gasteiger partial charge in [-0.2, -0.15) is 5.26 Å². The Morgan fingerprint density at radius 3 is 3.10 bits per heavy atom. The average molecular weight is 133 g/mol. The predicted octanol–water partition coefficient (Wildman–Crippen LogP) is 0.652. The summed E-state index contributed by atoms with van der Waals surface area (Å²) in [4.78, 5) is 4.00. The van der Waals surface area contributed by atoms with E-state index in [0.29, 0.717) is 6.54 Å². The van der Waals surface area contributed by atoms with Gasteiger partial charge in [-0.1, -0.05) is 6.07 Å². The van der Waals surface area contributed by atoms with Crippen LogP contribution in [0.1, 0.15) is 5.69 Å². The zero-order valence-electron chi connectivity index (χ0n) is 5.41. The molecule has 0 saturated heterocycles. The van der Waals surface area contributed by atoms with Crippen molar-refractivity contribution in [1.82, 2.24) is 10.3 Å². The normalized spacial score (nSPS) is 8.30. The molecule has 50 valence electrons. The Balaban J connectivity index is 2.52. The standard InChI is InChI=1S/C7H7N3/c8-6-9-5-7-3-1-2-4-10-7/h1-4,9H,5H2. The van der Waals surface area contributed by atoms with Crippen LogP contribution in [-0.2, 0) is 6.54 Å². The minimum Gasteiger partial charge on any atom is -0.318 e. The fraction of sp³-hybridized carbons (Fsp3) is 0.143. The van der Waals surface area contributed by atoms with Gasteiger partial charge in [-0.3, -0.25) is 4.98 Å². The number of hydrogen-bond acceptors (Lipinski definition) is 3. The lowest BCUT2D eigenvalue weighted by Crippen LogP contribution is -2.05. The van der Waals surface area contributed by atoms with Gasteiger partial charge in [0.15, 0.2) is 6.19 Å². The molecule has 1 heterocycles. The molecule has 0 aliphatic heterocycles. The van der Waals surface area contributed by atoms with Gasteiger partial charge in [0, 0.05) is 6.20 Å². The zero-order chi connectivity index (χ0) is 7.23. The molecule has 3 heteroatoms. The van der Waals surface area contributed by atoms with Crippen molar-refractivity contribution in [2.24, 2.45) is 0 Å². The van der Waals surface area contributed by atoms with Gasteiger partial charge < -0.3 is 5.32 Å². The van der Waals surface area contributed by atoms with E-state index in [4.69, 9.17) is 5.26 Å². The first-order valence-corrected chi connectivity index (χ1v) is 2.95. The topological polar surface area (TPSA) is 48.7 Å². The molecule has 0 fully saturated rings. The third kappa shape index (κ3) is 1.75. The van der Waals surface area contributed by atoms with Crippen molar-refractivity contribution in [3.05, 3.63) is 30.1 Å². The summed E-state index contributed by atoms with van der Waals surface area (Å²) in [6, 6.07) is 5.60. The molecule has 0 unspecified atom stereocenters. The van der Waals surface area contributed by atoms with Gasteiger partial charge in [-0.15, -0.1) is 0 Å². The van der Waals surface area contributed by atoms with Crippen LogP contribution in [0.15, 0.2) is 24.4 Å². The Bertz CT molecular complexity index is 224. The van der Waals surface area contributed by atoms with E-state index in [1.807, 2.05) is 24.4 Å². The summed E-state index contributed by atoms with van der Waals surface area (Å²) in [5.74, 6) is 0. The summed E-state index contributed by atoms with van der Waals surface area (Å²) in [5.41, 5.74) is 0.879. The van der Waals surface area contributed by atoms with Gasteiger partial charge in [0.25, 0.3) is 0 Å². The van der Waals surface area contributed by atoms with E-state index in [1.54, 1.807) is 6.20 Å². The number of nitrogens with one attached hydrogen (secondary N) is 1. The molecule has 0 radical (unpaired) electrons. The molecular weight excluding hydrogens is 126 g/mol. The Morgan fingerprint density at radius 2 is 2.50 bits per heavy atom. The minimum atomic E-state index is 0.511. The van der Waals surface area contributed by atoms with Crippen LogP contribution in [-0.4, -0.2) is 4.98 Å². The highest BCUT2D eigenvalue weighted by atomic mass is 14.9. The van der Waals surface area contributed by atoms with Crippen molar-refractivity contribution in [3.8, 4) is 6.19 Å². The van der Waals surface area contributed by atoms with Crippen LogP contribution in [0.5, 0.6) is 0 Å². The molecule has 0 spiro atoms. The summed E-state index contributed by atoms with van der Waals surface area (Å²) in [6.45, 7) is 0.511. The Hall–Kier alpha value is -1.56. The molecule has 1 aromatic heterocycles. The molecule has 0 aromatic carbocycles. The molecule has 3 nitrogen and oxygen atoms in total. The van der Waals surface area contributed by atoms with E-state index in [-0.39, 0.29) is 0 Å². The first-order chi connectivity index (χ1) is 4.93. The molecule has 10 heavy (non-hydrogen) atoms. The summed E-state index contributed by atoms with van der Waals surface area (Å²) in [6.07, 6.45) is 3.53. The number of nitrogens with zero attached hydrogens (tertiary/aromatic N) is 2. The van der Waals surface area contributed by atoms with Crippen LogP contribution in [0.2, 0.25) is 0 Å². The number of aromatic nitrogens is 1. The van der Waals surface area contributed by atoms with E-state index < -0.39 is 0 Å². The van der Waals surface area contributed by atoms with Crippen LogP contribution in [0, 0.1) is 11.5 Å². The highest BCUT2D eigenvalue weighted by molar-refractivity contribution is 5.03. The monoisotopic (exact) mass is 133 g/mol. The molecule has 0 aliphatic rings. The van der Waals surface area contributed by atoms with Crippen LogP contribution >= 0.6 is 0 Å². The first-order valence-electron chi connectivity index (χ1n) is 2.95. The van der Waals surface area contributed by atoms with Crippen molar-refractivity contribution in [1.29, 1.82) is 5.26 Å². The molecule has 0 amide bonds. The second kappa shape index (κ2) is 3.46. The molecule has 0 aliphatic carbocycles. The number of hydrogen-bond donors (Lipinski definition) is 1. The minimum absolute atomic E-state index is 0.511. The van der Waals surface area contributed by atoms with Crippen molar-refractivity contribution >= 4 is 0 Å². The van der Waals surface area contributed by atoms with Gasteiger partial charge >= 0.3 is 0 Å². The molecule has 1 rings (SSSR count). The first kappa shape index (κ1) is 6.56. The lowest BCUT2D eigenvalue weighted by molar-refractivity contribution is 0.848. The maximum absolute atomic E-state index is 8.14. The third-order valence-electron chi connectivity index (χ3n) is 1.07. The maximum Gasteiger partial charge on any atom is 0.176 e. The van der Waals surface area contributed by atoms with Crippen molar-refractivity contribution in [3.63, 3.8) is 0 Å². The highest BCUT2D eigenvalue weighted by Crippen LogP contribution is 1.90. The second-order valence-electron chi connectivity index (χ2n) is 1.79. The quantitative estimate of drug-likeness (QED) is 0.476. The lowest BCUT2D eigenvalue weighted by atomic mass is 10.3. The van der Waals surface area contributed by atoms with Crippen LogP contribution in [0.3, 0.4) is 0 Å². The van der Waals surface area contributed by atoms with Gasteiger partial charge in [0.05, 0.1) is 12.2 Å². The molecule has 1 aromatic rings. The summed E-state index contributed by atoms with van der Waals surface area (Å²) in [5, 5.41) is 10.6. The summed E-state index contributed by atoms with van der Waals surface area (Å²) >= 11 is 0. The zero-order valence-corrected chi connectivity index (χ0v) is 5.41. The SMILES string of the molecule is N#CNCc1ccccn1. The molecular formula is C7H7N3. The van der Waals surface area contributed by atoms with E-state index >= 15 is 0 Å². The third-order valence-corrected chi connectivity index (χ3v) is 1.07. The van der Waals surface area contributed by atoms with Gasteiger partial charge in [-0.05, 0) is 12.1 Å². The van der Waals surface area contributed by atoms with E-state index in [9.17, 15) is 0 Å². The van der Waals surface area contributed by atoms with Gasteiger partial charge in [0.2, 0.25) is 0 Å². The van der Waals surface area contributed by atoms with Crippen LogP contribution < -0.4 is 5.32 Å². The molecule has 0 bridgehead atoms. The largest absolute Gasteiger partial charge is 0.318 e. The van der Waals surface area contributed by atoms with Crippen LogP contribution in [0.4, 0.5) is 0 Å². The molecule has 0 saturated carbocycles. The Morgan fingerprint density at radius 1 is 1.60 bits per heavy atom. The summed E-state index contributed by atoms with van der Waals surface area (Å²) < 4.78 is 0. The second-order valence-corrected chi connectivity index (χ2v) is 1.79. The van der Waals surface area contributed by atoms with Gasteiger partial charge in [-0.25, -0.2) is 0 Å². The number of rotatable bonds is 2.